The number of nitro benzene ring substituents is 1. The molecular weight excluding hydrogens is 512 g/mol. The summed E-state index contributed by atoms with van der Waals surface area (Å²) in [6, 6.07) is 16.6. The SMILES string of the molecule is COc1cccc2oc(-c3nc4ccccc4c(=O)n3N=Cc3cc(Cl)cc([N+](=O)[O-])c3OC(C)C)cc12. The lowest BCUT2D eigenvalue weighted by Crippen LogP contribution is -2.20. The number of methoxy groups -OCH3 is 1. The van der Waals surface area contributed by atoms with Gasteiger partial charge in [-0.2, -0.15) is 9.78 Å². The average molecular weight is 533 g/mol. The molecule has 192 valence electrons. The lowest BCUT2D eigenvalue weighted by molar-refractivity contribution is -0.386. The molecule has 0 spiro atoms. The summed E-state index contributed by atoms with van der Waals surface area (Å²) in [5.41, 5.74) is 0.428. The van der Waals surface area contributed by atoms with Crippen molar-refractivity contribution in [1.29, 1.82) is 0 Å². The number of benzene rings is 3. The number of ether oxygens (including phenoxy) is 2. The Balaban J connectivity index is 1.75. The van der Waals surface area contributed by atoms with E-state index in [9.17, 15) is 14.9 Å². The zero-order valence-electron chi connectivity index (χ0n) is 20.5. The van der Waals surface area contributed by atoms with E-state index in [-0.39, 0.29) is 39.7 Å². The van der Waals surface area contributed by atoms with Gasteiger partial charge in [0.2, 0.25) is 11.6 Å². The van der Waals surface area contributed by atoms with Crippen LogP contribution in [0.3, 0.4) is 0 Å². The highest BCUT2D eigenvalue weighted by atomic mass is 35.5. The highest BCUT2D eigenvalue weighted by Crippen LogP contribution is 2.35. The van der Waals surface area contributed by atoms with Crippen LogP contribution in [0.15, 0.2) is 75.0 Å². The molecule has 0 saturated carbocycles. The Bertz CT molecular complexity index is 1790. The van der Waals surface area contributed by atoms with Crippen molar-refractivity contribution in [1.82, 2.24) is 9.66 Å². The van der Waals surface area contributed by atoms with Gasteiger partial charge in [0, 0.05) is 16.7 Å². The molecule has 0 aliphatic rings. The van der Waals surface area contributed by atoms with Crippen LogP contribution in [0, 0.1) is 10.1 Å². The van der Waals surface area contributed by atoms with Crippen LogP contribution in [0.25, 0.3) is 33.5 Å². The summed E-state index contributed by atoms with van der Waals surface area (Å²) >= 11 is 6.17. The van der Waals surface area contributed by atoms with Gasteiger partial charge in [-0.3, -0.25) is 14.9 Å². The predicted molar refractivity (Wildman–Crippen MR) is 145 cm³/mol. The third-order valence-corrected chi connectivity index (χ3v) is 5.86. The van der Waals surface area contributed by atoms with Gasteiger partial charge in [-0.15, -0.1) is 0 Å². The first kappa shape index (κ1) is 25.0. The molecule has 0 saturated heterocycles. The topological polar surface area (TPSA) is 122 Å². The van der Waals surface area contributed by atoms with Crippen molar-refractivity contribution < 1.29 is 18.8 Å². The van der Waals surface area contributed by atoms with Gasteiger partial charge in [0.25, 0.3) is 5.56 Å². The van der Waals surface area contributed by atoms with Gasteiger partial charge in [-0.25, -0.2) is 4.98 Å². The molecule has 0 radical (unpaired) electrons. The van der Waals surface area contributed by atoms with Crippen LogP contribution in [0.1, 0.15) is 19.4 Å². The molecule has 38 heavy (non-hydrogen) atoms. The zero-order valence-corrected chi connectivity index (χ0v) is 21.3. The lowest BCUT2D eigenvalue weighted by atomic mass is 10.2. The molecule has 0 aliphatic heterocycles. The summed E-state index contributed by atoms with van der Waals surface area (Å²) in [7, 11) is 1.55. The first-order valence-corrected chi connectivity index (χ1v) is 11.9. The number of furan rings is 1. The molecule has 0 amide bonds. The van der Waals surface area contributed by atoms with E-state index in [4.69, 9.17) is 25.5 Å². The molecule has 0 N–H and O–H groups in total. The van der Waals surface area contributed by atoms with Crippen molar-refractivity contribution in [3.05, 3.63) is 91.7 Å². The summed E-state index contributed by atoms with van der Waals surface area (Å²) < 4.78 is 18.3. The molecule has 2 heterocycles. The van der Waals surface area contributed by atoms with Crippen molar-refractivity contribution in [2.24, 2.45) is 5.10 Å². The molecule has 5 aromatic rings. The minimum atomic E-state index is -0.585. The highest BCUT2D eigenvalue weighted by molar-refractivity contribution is 6.31. The second kappa shape index (κ2) is 9.98. The van der Waals surface area contributed by atoms with E-state index in [1.54, 1.807) is 69.5 Å². The molecule has 10 nitrogen and oxygen atoms in total. The number of hydrogen-bond donors (Lipinski definition) is 0. The number of rotatable bonds is 7. The number of nitrogens with zero attached hydrogens (tertiary/aromatic N) is 4. The Morgan fingerprint density at radius 2 is 1.92 bits per heavy atom. The number of para-hydroxylation sites is 1. The van der Waals surface area contributed by atoms with E-state index in [0.29, 0.717) is 27.6 Å². The van der Waals surface area contributed by atoms with Gasteiger partial charge < -0.3 is 13.9 Å². The lowest BCUT2D eigenvalue weighted by Gasteiger charge is -2.13. The van der Waals surface area contributed by atoms with Crippen molar-refractivity contribution in [2.45, 2.75) is 20.0 Å². The predicted octanol–water partition coefficient (Wildman–Crippen LogP) is 6.05. The number of aromatic nitrogens is 2. The van der Waals surface area contributed by atoms with E-state index < -0.39 is 10.5 Å². The third-order valence-electron chi connectivity index (χ3n) is 5.64. The van der Waals surface area contributed by atoms with Gasteiger partial charge in [0.15, 0.2) is 5.76 Å². The van der Waals surface area contributed by atoms with Crippen LogP contribution in [0.2, 0.25) is 5.02 Å². The molecule has 0 unspecified atom stereocenters. The van der Waals surface area contributed by atoms with Crippen LogP contribution in [-0.4, -0.2) is 34.0 Å². The summed E-state index contributed by atoms with van der Waals surface area (Å²) in [5.74, 6) is 0.985. The van der Waals surface area contributed by atoms with E-state index in [1.165, 1.54) is 18.3 Å². The monoisotopic (exact) mass is 532 g/mol. The van der Waals surface area contributed by atoms with E-state index >= 15 is 0 Å². The first-order chi connectivity index (χ1) is 18.3. The molecule has 2 aromatic heterocycles. The van der Waals surface area contributed by atoms with Crippen molar-refractivity contribution >= 4 is 45.4 Å². The molecule has 0 aliphatic carbocycles. The molecule has 5 rings (SSSR count). The number of halogens is 1. The maximum Gasteiger partial charge on any atom is 0.313 e. The molecule has 0 fully saturated rings. The van der Waals surface area contributed by atoms with Crippen LogP contribution < -0.4 is 15.0 Å². The van der Waals surface area contributed by atoms with Crippen LogP contribution in [0.5, 0.6) is 11.5 Å². The summed E-state index contributed by atoms with van der Waals surface area (Å²) in [5, 5.41) is 17.2. The largest absolute Gasteiger partial charge is 0.496 e. The van der Waals surface area contributed by atoms with Crippen molar-refractivity contribution in [3.63, 3.8) is 0 Å². The second-order valence-corrected chi connectivity index (χ2v) is 9.00. The minimum Gasteiger partial charge on any atom is -0.496 e. The fraction of sp³-hybridized carbons (Fsp3) is 0.148. The molecular formula is C27H21ClN4O6. The minimum absolute atomic E-state index is 0.0185. The maximum absolute atomic E-state index is 13.6. The van der Waals surface area contributed by atoms with Gasteiger partial charge in [-0.05, 0) is 50.2 Å². The first-order valence-electron chi connectivity index (χ1n) is 11.5. The normalized spacial score (nSPS) is 11.6. The van der Waals surface area contributed by atoms with E-state index in [1.807, 2.05) is 0 Å². The molecule has 11 heteroatoms. The summed E-state index contributed by atoms with van der Waals surface area (Å²) in [6.45, 7) is 3.48. The van der Waals surface area contributed by atoms with Gasteiger partial charge >= 0.3 is 5.69 Å². The fourth-order valence-electron chi connectivity index (χ4n) is 4.03. The van der Waals surface area contributed by atoms with Gasteiger partial charge in [0.1, 0.15) is 11.3 Å². The Morgan fingerprint density at radius 3 is 2.66 bits per heavy atom. The van der Waals surface area contributed by atoms with Crippen LogP contribution >= 0.6 is 11.6 Å². The number of nitro groups is 1. The highest BCUT2D eigenvalue weighted by Gasteiger charge is 2.22. The quantitative estimate of drug-likeness (QED) is 0.142. The Kier molecular flexibility index (Phi) is 6.56. The third kappa shape index (κ3) is 4.57. The van der Waals surface area contributed by atoms with E-state index in [2.05, 4.69) is 10.1 Å². The average Bonchev–Trinajstić information content (AvgIpc) is 3.33. The molecule has 0 bridgehead atoms. The van der Waals surface area contributed by atoms with Gasteiger partial charge in [-0.1, -0.05) is 29.8 Å². The Hall–Kier alpha value is -4.70. The smallest absolute Gasteiger partial charge is 0.313 e. The maximum atomic E-state index is 13.6. The molecule has 0 atom stereocenters. The summed E-state index contributed by atoms with van der Waals surface area (Å²) in [4.78, 5) is 29.3. The Labute approximate surface area is 220 Å². The fourth-order valence-corrected chi connectivity index (χ4v) is 4.25. The van der Waals surface area contributed by atoms with Crippen molar-refractivity contribution in [2.75, 3.05) is 7.11 Å². The van der Waals surface area contributed by atoms with Gasteiger partial charge in [0.05, 0.1) is 40.6 Å². The second-order valence-electron chi connectivity index (χ2n) is 8.56. The van der Waals surface area contributed by atoms with Crippen LogP contribution in [0.4, 0.5) is 5.69 Å². The standard InChI is InChI=1S/C27H21ClN4O6/c1-15(2)37-25-16(11-17(28)12-21(25)32(34)35)14-29-31-26(30-20-8-5-4-7-18(20)27(31)33)24-13-19-22(36-3)9-6-10-23(19)38-24/h4-15H,1-3H3. The van der Waals surface area contributed by atoms with Crippen molar-refractivity contribution in [3.8, 4) is 23.1 Å². The molecule has 3 aromatic carbocycles. The van der Waals surface area contributed by atoms with Crippen LogP contribution in [-0.2, 0) is 0 Å². The number of fused-ring (bicyclic) bond motifs is 2. The summed E-state index contributed by atoms with van der Waals surface area (Å²) in [6.07, 6.45) is 0.912. The van der Waals surface area contributed by atoms with E-state index in [0.717, 1.165) is 4.68 Å². The number of hydrogen-bond acceptors (Lipinski definition) is 8. The zero-order chi connectivity index (χ0) is 27.0. The Morgan fingerprint density at radius 1 is 1.13 bits per heavy atom.